The highest BCUT2D eigenvalue weighted by Crippen LogP contribution is 2.62. The van der Waals surface area contributed by atoms with E-state index < -0.39 is 40.7 Å². The number of imide groups is 1. The second kappa shape index (κ2) is 16.9. The molecule has 3 aromatic carbocycles. The lowest BCUT2D eigenvalue weighted by Gasteiger charge is -2.47. The van der Waals surface area contributed by atoms with Crippen LogP contribution in [0.1, 0.15) is 122 Å². The fraction of sp³-hybridized carbons (Fsp3) is 0.458. The van der Waals surface area contributed by atoms with Gasteiger partial charge in [-0.2, -0.15) is 0 Å². The zero-order valence-electron chi connectivity index (χ0n) is 34.4. The molecule has 1 unspecified atom stereocenters. The number of hydrogen-bond acceptors (Lipinski definition) is 7. The molecule has 2 aliphatic carbocycles. The SMILES string of the molecule is O=C1CCC(N2Cc3c(C#CCCCNC(=O)C4CCC(NC(=O)[C@@H]5NC6(CCCCC6)[C@@]6(C(=O)Nc7cc(Cl)ccc76)[C@H]5c5ccccc5F)CC4)cccc3C2=O)C(=O)N1. The van der Waals surface area contributed by atoms with Crippen LogP contribution in [0.5, 0.6) is 0 Å². The first kappa shape index (κ1) is 41.8. The highest BCUT2D eigenvalue weighted by molar-refractivity contribution is 6.31. The molecule has 0 bridgehead atoms. The van der Waals surface area contributed by atoms with Gasteiger partial charge in [0, 0.05) is 71.2 Å². The summed E-state index contributed by atoms with van der Waals surface area (Å²) in [7, 11) is 0. The van der Waals surface area contributed by atoms with Crippen LogP contribution in [-0.2, 0) is 35.9 Å². The number of piperidine rings is 1. The largest absolute Gasteiger partial charge is 0.356 e. The molecule has 2 saturated carbocycles. The Balaban J connectivity index is 0.806. The highest BCUT2D eigenvalue weighted by Gasteiger charge is 2.72. The molecular formula is C48H50ClFN6O6. The summed E-state index contributed by atoms with van der Waals surface area (Å²) >= 11 is 6.40. The van der Waals surface area contributed by atoms with Crippen LogP contribution in [0, 0.1) is 23.6 Å². The van der Waals surface area contributed by atoms with E-state index in [0.717, 1.165) is 36.0 Å². The third kappa shape index (κ3) is 7.24. The van der Waals surface area contributed by atoms with Crippen LogP contribution in [0.25, 0.3) is 0 Å². The van der Waals surface area contributed by atoms with Crippen LogP contribution >= 0.6 is 11.6 Å². The maximum atomic E-state index is 16.0. The van der Waals surface area contributed by atoms with Gasteiger partial charge in [0.25, 0.3) is 5.91 Å². The molecule has 0 radical (unpaired) electrons. The normalized spacial score (nSPS) is 27.3. The molecule has 3 aromatic rings. The number of halogens is 2. The van der Waals surface area contributed by atoms with Crippen LogP contribution in [0.3, 0.4) is 0 Å². The number of rotatable bonds is 8. The molecule has 6 aliphatic rings. The lowest BCUT2D eigenvalue weighted by Crippen LogP contribution is -2.60. The van der Waals surface area contributed by atoms with Gasteiger partial charge in [0.2, 0.25) is 29.5 Å². The molecule has 0 aromatic heterocycles. The molecule has 14 heteroatoms. The predicted octanol–water partition coefficient (Wildman–Crippen LogP) is 5.51. The van der Waals surface area contributed by atoms with Crippen molar-refractivity contribution in [3.63, 3.8) is 0 Å². The quantitative estimate of drug-likeness (QED) is 0.113. The van der Waals surface area contributed by atoms with Crippen molar-refractivity contribution in [2.75, 3.05) is 11.9 Å². The molecule has 5 N–H and O–H groups in total. The Morgan fingerprint density at radius 2 is 1.69 bits per heavy atom. The van der Waals surface area contributed by atoms with Gasteiger partial charge >= 0.3 is 0 Å². The summed E-state index contributed by atoms with van der Waals surface area (Å²) in [6, 6.07) is 15.4. The average Bonchev–Trinajstić information content (AvgIpc) is 3.86. The number of benzene rings is 3. The average molecular weight is 861 g/mol. The minimum Gasteiger partial charge on any atom is -0.356 e. The number of nitrogens with zero attached hydrogens (tertiary/aromatic N) is 1. The molecule has 4 aliphatic heterocycles. The van der Waals surface area contributed by atoms with E-state index in [1.807, 2.05) is 12.1 Å². The van der Waals surface area contributed by atoms with Crippen molar-refractivity contribution in [2.45, 2.75) is 125 Å². The van der Waals surface area contributed by atoms with Gasteiger partial charge in [-0.3, -0.25) is 39.4 Å². The number of carbonyl (C=O) groups excluding carboxylic acids is 6. The Kier molecular flexibility index (Phi) is 11.4. The highest BCUT2D eigenvalue weighted by atomic mass is 35.5. The Morgan fingerprint density at radius 1 is 0.903 bits per heavy atom. The molecule has 2 spiro atoms. The van der Waals surface area contributed by atoms with Crippen molar-refractivity contribution >= 4 is 52.7 Å². The monoisotopic (exact) mass is 860 g/mol. The summed E-state index contributed by atoms with van der Waals surface area (Å²) in [6.45, 7) is 0.709. The first-order chi connectivity index (χ1) is 30.0. The Bertz CT molecular complexity index is 2420. The Labute approximate surface area is 364 Å². The third-order valence-electron chi connectivity index (χ3n) is 14.3. The third-order valence-corrected chi connectivity index (χ3v) is 14.5. The zero-order chi connectivity index (χ0) is 43.2. The Hall–Kier alpha value is -5.58. The zero-order valence-corrected chi connectivity index (χ0v) is 35.2. The van der Waals surface area contributed by atoms with Gasteiger partial charge in [-0.15, -0.1) is 0 Å². The summed E-state index contributed by atoms with van der Waals surface area (Å²) in [5.41, 5.74) is 1.63. The standard InChI is InChI=1S/C48H50ClFN6O6/c49-30-17-20-35-37(26-30)53-46(62)48(35)40(33-12-4-5-14-36(33)50)41(55-47(48)23-6-2-7-24-47)44(60)52-31-18-15-29(16-19-31)42(58)51-25-8-1-3-10-28-11-9-13-32-34(28)27-56(45(32)61)38-21-22-39(57)54-43(38)59/h4-5,9,11-14,17,20,26,29,31,38,40-41,55H,1-2,6-8,15-16,18-19,21-25,27H2,(H,51,58)(H,52,60)(H,53,62)(H,54,57,59)/t29?,31?,38?,40-,41+,48+/m0/s1. The molecular weight excluding hydrogens is 811 g/mol. The molecule has 4 atom stereocenters. The van der Waals surface area contributed by atoms with Gasteiger partial charge in [-0.1, -0.05) is 73.0 Å². The molecule has 4 fully saturated rings. The van der Waals surface area contributed by atoms with Crippen molar-refractivity contribution < 1.29 is 33.2 Å². The lowest BCUT2D eigenvalue weighted by molar-refractivity contribution is -0.137. The summed E-state index contributed by atoms with van der Waals surface area (Å²) in [5.74, 6) is 3.28. The molecule has 4 heterocycles. The van der Waals surface area contributed by atoms with Gasteiger partial charge in [0.15, 0.2) is 0 Å². The van der Waals surface area contributed by atoms with E-state index in [4.69, 9.17) is 11.6 Å². The molecule has 2 saturated heterocycles. The number of amides is 6. The van der Waals surface area contributed by atoms with E-state index in [9.17, 15) is 28.8 Å². The van der Waals surface area contributed by atoms with Crippen LogP contribution < -0.4 is 26.6 Å². The second-order valence-corrected chi connectivity index (χ2v) is 18.1. The van der Waals surface area contributed by atoms with E-state index in [0.29, 0.717) is 86.2 Å². The first-order valence-electron chi connectivity index (χ1n) is 22.0. The minimum absolute atomic E-state index is 0.0278. The maximum absolute atomic E-state index is 16.0. The van der Waals surface area contributed by atoms with Crippen LogP contribution in [0.2, 0.25) is 5.02 Å². The first-order valence-corrected chi connectivity index (χ1v) is 22.4. The van der Waals surface area contributed by atoms with E-state index >= 15 is 4.39 Å². The molecule has 9 rings (SSSR count). The molecule has 322 valence electrons. The van der Waals surface area contributed by atoms with Crippen molar-refractivity contribution in [1.82, 2.24) is 26.2 Å². The summed E-state index contributed by atoms with van der Waals surface area (Å²) in [5, 5.41) is 15.9. The van der Waals surface area contributed by atoms with E-state index in [2.05, 4.69) is 38.4 Å². The van der Waals surface area contributed by atoms with Crippen molar-refractivity contribution in [3.05, 3.63) is 99.3 Å². The van der Waals surface area contributed by atoms with Crippen molar-refractivity contribution in [1.29, 1.82) is 0 Å². The van der Waals surface area contributed by atoms with E-state index in [1.54, 1.807) is 42.5 Å². The fourth-order valence-electron chi connectivity index (χ4n) is 11.4. The second-order valence-electron chi connectivity index (χ2n) is 17.7. The maximum Gasteiger partial charge on any atom is 0.255 e. The van der Waals surface area contributed by atoms with Crippen LogP contribution in [0.4, 0.5) is 10.1 Å². The predicted molar refractivity (Wildman–Crippen MR) is 229 cm³/mol. The topological polar surface area (TPSA) is 166 Å². The summed E-state index contributed by atoms with van der Waals surface area (Å²) < 4.78 is 16.0. The lowest BCUT2D eigenvalue weighted by atomic mass is 9.55. The van der Waals surface area contributed by atoms with Crippen molar-refractivity contribution in [2.24, 2.45) is 5.92 Å². The molecule has 6 amide bonds. The van der Waals surface area contributed by atoms with E-state index in [-0.39, 0.29) is 54.5 Å². The van der Waals surface area contributed by atoms with Crippen LogP contribution in [0.15, 0.2) is 60.7 Å². The van der Waals surface area contributed by atoms with Gasteiger partial charge in [-0.25, -0.2) is 4.39 Å². The van der Waals surface area contributed by atoms with E-state index in [1.165, 1.54) is 11.0 Å². The molecule has 62 heavy (non-hydrogen) atoms. The number of anilines is 1. The number of fused-ring (bicyclic) bond motifs is 4. The van der Waals surface area contributed by atoms with Gasteiger partial charge in [-0.05, 0) is 98.4 Å². The minimum atomic E-state index is -1.25. The van der Waals surface area contributed by atoms with Gasteiger partial charge in [0.05, 0.1) is 6.04 Å². The molecule has 12 nitrogen and oxygen atoms in total. The Morgan fingerprint density at radius 3 is 2.47 bits per heavy atom. The van der Waals surface area contributed by atoms with Crippen molar-refractivity contribution in [3.8, 4) is 11.8 Å². The number of nitrogens with one attached hydrogen (secondary N) is 5. The number of hydrogen-bond donors (Lipinski definition) is 5. The van der Waals surface area contributed by atoms with Gasteiger partial charge < -0.3 is 20.9 Å². The fourth-order valence-corrected chi connectivity index (χ4v) is 11.5. The van der Waals surface area contributed by atoms with Gasteiger partial charge in [0.1, 0.15) is 17.3 Å². The number of carbonyl (C=O) groups is 6. The summed E-state index contributed by atoms with van der Waals surface area (Å²) in [4.78, 5) is 81.1. The smallest absolute Gasteiger partial charge is 0.255 e. The summed E-state index contributed by atoms with van der Waals surface area (Å²) in [6.07, 6.45) is 8.14. The number of unbranched alkanes of at least 4 members (excludes halogenated alkanes) is 1. The van der Waals surface area contributed by atoms with Crippen LogP contribution in [-0.4, -0.2) is 70.6 Å².